The Kier molecular flexibility index (Phi) is 6.03. The highest BCUT2D eigenvalue weighted by Gasteiger charge is 2.54. The summed E-state index contributed by atoms with van der Waals surface area (Å²) in [4.78, 5) is 27.3. The van der Waals surface area contributed by atoms with E-state index in [1.54, 1.807) is 0 Å². The van der Waals surface area contributed by atoms with Crippen molar-refractivity contribution in [2.75, 3.05) is 6.61 Å². The van der Waals surface area contributed by atoms with Crippen LogP contribution in [0.15, 0.2) is 12.2 Å². The van der Waals surface area contributed by atoms with Crippen molar-refractivity contribution in [3.63, 3.8) is 0 Å². The zero-order chi connectivity index (χ0) is 20.7. The highest BCUT2D eigenvalue weighted by atomic mass is 28.4. The van der Waals surface area contributed by atoms with Crippen LogP contribution < -0.4 is 0 Å². The van der Waals surface area contributed by atoms with Gasteiger partial charge >= 0.3 is 6.09 Å². The average molecular weight is 396 g/mol. The summed E-state index contributed by atoms with van der Waals surface area (Å²) in [6.07, 6.45) is 6.38. The van der Waals surface area contributed by atoms with Crippen molar-refractivity contribution in [1.29, 1.82) is 0 Å². The second-order valence-corrected chi connectivity index (χ2v) is 15.4. The van der Waals surface area contributed by atoms with Crippen LogP contribution in [0.25, 0.3) is 0 Å². The van der Waals surface area contributed by atoms with Crippen molar-refractivity contribution in [3.05, 3.63) is 12.2 Å². The first-order chi connectivity index (χ1) is 12.2. The quantitative estimate of drug-likeness (QED) is 0.480. The number of amides is 2. The van der Waals surface area contributed by atoms with E-state index in [0.29, 0.717) is 32.3 Å². The van der Waals surface area contributed by atoms with Crippen LogP contribution in [0, 0.1) is 5.41 Å². The van der Waals surface area contributed by atoms with Crippen molar-refractivity contribution in [1.82, 2.24) is 4.90 Å². The third-order valence-corrected chi connectivity index (χ3v) is 10.7. The van der Waals surface area contributed by atoms with Crippen LogP contribution in [0.3, 0.4) is 0 Å². The van der Waals surface area contributed by atoms with E-state index in [0.717, 1.165) is 0 Å². The van der Waals surface area contributed by atoms with Gasteiger partial charge in [0.2, 0.25) is 5.91 Å². The summed E-state index contributed by atoms with van der Waals surface area (Å²) in [6.45, 7) is 17.1. The molecule has 5 nitrogen and oxygen atoms in total. The SMILES string of the molecule is CC(C)(C)OC(=O)N1C(=O)C2(CC=CC2)C[C@H]1CCO[Si](C)(C)C(C)(C)C. The molecule has 2 rings (SSSR count). The molecule has 1 spiro atoms. The van der Waals surface area contributed by atoms with Crippen molar-refractivity contribution in [3.8, 4) is 0 Å². The van der Waals surface area contributed by atoms with Crippen LogP contribution in [0.2, 0.25) is 18.1 Å². The zero-order valence-electron chi connectivity index (χ0n) is 18.3. The number of carbonyl (C=O) groups excluding carboxylic acids is 2. The Morgan fingerprint density at radius 1 is 1.19 bits per heavy atom. The summed E-state index contributed by atoms with van der Waals surface area (Å²) >= 11 is 0. The van der Waals surface area contributed by atoms with E-state index < -0.39 is 25.4 Å². The van der Waals surface area contributed by atoms with Gasteiger partial charge in [0.25, 0.3) is 0 Å². The summed E-state index contributed by atoms with van der Waals surface area (Å²) in [5.41, 5.74) is -1.08. The van der Waals surface area contributed by atoms with Gasteiger partial charge in [0.1, 0.15) is 5.60 Å². The second-order valence-electron chi connectivity index (χ2n) is 10.6. The minimum Gasteiger partial charge on any atom is -0.443 e. The molecule has 2 aliphatic rings. The van der Waals surface area contributed by atoms with Crippen LogP contribution in [-0.2, 0) is 14.0 Å². The van der Waals surface area contributed by atoms with E-state index in [9.17, 15) is 9.59 Å². The molecule has 154 valence electrons. The average Bonchev–Trinajstić information content (AvgIpc) is 3.03. The molecule has 0 aromatic carbocycles. The van der Waals surface area contributed by atoms with Crippen molar-refractivity contribution >= 4 is 20.3 Å². The normalized spacial score (nSPS) is 22.7. The van der Waals surface area contributed by atoms with Gasteiger partial charge in [-0.05, 0) is 64.6 Å². The standard InChI is InChI=1S/C21H37NO4Si/c1-19(2,3)26-18(24)22-16(11-14-25-27(7,8)20(4,5)6)15-21(17(22)23)12-9-10-13-21/h9-10,16H,11-15H2,1-8H3/t16-/m1/s1. The van der Waals surface area contributed by atoms with E-state index in [1.165, 1.54) is 4.90 Å². The number of allylic oxidation sites excluding steroid dienone is 2. The first kappa shape index (κ1) is 22.1. The third kappa shape index (κ3) is 4.83. The highest BCUT2D eigenvalue weighted by Crippen LogP contribution is 2.47. The number of rotatable bonds is 4. The molecule has 1 aliphatic heterocycles. The fraction of sp³-hybridized carbons (Fsp3) is 0.810. The van der Waals surface area contributed by atoms with E-state index in [2.05, 4.69) is 46.0 Å². The van der Waals surface area contributed by atoms with Crippen LogP contribution >= 0.6 is 0 Å². The molecule has 27 heavy (non-hydrogen) atoms. The second kappa shape index (κ2) is 7.36. The molecule has 2 amide bonds. The fourth-order valence-corrected chi connectivity index (χ4v) is 4.60. The van der Waals surface area contributed by atoms with E-state index in [1.807, 2.05) is 20.8 Å². The molecule has 0 aromatic rings. The topological polar surface area (TPSA) is 55.8 Å². The highest BCUT2D eigenvalue weighted by molar-refractivity contribution is 6.74. The summed E-state index contributed by atoms with van der Waals surface area (Å²) in [7, 11) is -1.85. The van der Waals surface area contributed by atoms with Gasteiger partial charge in [-0.1, -0.05) is 32.9 Å². The Morgan fingerprint density at radius 3 is 2.22 bits per heavy atom. The molecule has 0 saturated carbocycles. The molecule has 0 unspecified atom stereocenters. The smallest absolute Gasteiger partial charge is 0.417 e. The van der Waals surface area contributed by atoms with Gasteiger partial charge in [-0.2, -0.15) is 0 Å². The lowest BCUT2D eigenvalue weighted by molar-refractivity contribution is -0.135. The summed E-state index contributed by atoms with van der Waals surface area (Å²) < 4.78 is 11.8. The molecule has 1 atom stereocenters. The Hall–Kier alpha value is -1.14. The van der Waals surface area contributed by atoms with Crippen LogP contribution in [0.4, 0.5) is 4.79 Å². The van der Waals surface area contributed by atoms with E-state index in [4.69, 9.17) is 9.16 Å². The zero-order valence-corrected chi connectivity index (χ0v) is 19.3. The van der Waals surface area contributed by atoms with Crippen molar-refractivity contribution in [2.45, 2.75) is 97.0 Å². The number of likely N-dealkylation sites (tertiary alicyclic amines) is 1. The lowest BCUT2D eigenvalue weighted by Gasteiger charge is -2.36. The van der Waals surface area contributed by atoms with Crippen molar-refractivity contribution in [2.24, 2.45) is 5.41 Å². The Bertz CT molecular complexity index is 605. The lowest BCUT2D eigenvalue weighted by Crippen LogP contribution is -2.45. The molecule has 0 bridgehead atoms. The molecule has 6 heteroatoms. The fourth-order valence-electron chi connectivity index (χ4n) is 3.53. The molecule has 1 fully saturated rings. The number of imide groups is 1. The Morgan fingerprint density at radius 2 is 1.74 bits per heavy atom. The molecular formula is C21H37NO4Si. The van der Waals surface area contributed by atoms with Gasteiger partial charge in [-0.15, -0.1) is 0 Å². The minimum absolute atomic E-state index is 0.0842. The number of ether oxygens (including phenoxy) is 1. The molecule has 0 N–H and O–H groups in total. The van der Waals surface area contributed by atoms with Crippen LogP contribution in [0.5, 0.6) is 0 Å². The van der Waals surface area contributed by atoms with Gasteiger partial charge in [-0.3, -0.25) is 4.79 Å². The van der Waals surface area contributed by atoms with Gasteiger partial charge in [0, 0.05) is 12.6 Å². The van der Waals surface area contributed by atoms with Gasteiger partial charge in [0.15, 0.2) is 8.32 Å². The molecular weight excluding hydrogens is 358 g/mol. The maximum absolute atomic E-state index is 13.1. The molecule has 0 radical (unpaired) electrons. The lowest BCUT2D eigenvalue weighted by atomic mass is 9.82. The summed E-state index contributed by atoms with van der Waals surface area (Å²) in [6, 6.07) is -0.156. The maximum atomic E-state index is 13.1. The predicted octanol–water partition coefficient (Wildman–Crippen LogP) is 5.27. The van der Waals surface area contributed by atoms with Gasteiger partial charge in [-0.25, -0.2) is 9.69 Å². The van der Waals surface area contributed by atoms with Crippen LogP contribution in [-0.4, -0.2) is 43.5 Å². The van der Waals surface area contributed by atoms with Gasteiger partial charge in [0.05, 0.1) is 5.41 Å². The summed E-state index contributed by atoms with van der Waals surface area (Å²) in [5.74, 6) is -0.0842. The number of hydrogen-bond acceptors (Lipinski definition) is 4. The number of carbonyl (C=O) groups is 2. The van der Waals surface area contributed by atoms with E-state index >= 15 is 0 Å². The molecule has 0 aromatic heterocycles. The first-order valence-electron chi connectivity index (χ1n) is 10.0. The van der Waals surface area contributed by atoms with Gasteiger partial charge < -0.3 is 9.16 Å². The first-order valence-corrected chi connectivity index (χ1v) is 12.9. The summed E-state index contributed by atoms with van der Waals surface area (Å²) in [5, 5.41) is 0.139. The van der Waals surface area contributed by atoms with Crippen LogP contribution in [0.1, 0.15) is 67.2 Å². The third-order valence-electron chi connectivity index (χ3n) is 6.16. The Balaban J connectivity index is 2.11. The number of hydrogen-bond donors (Lipinski definition) is 0. The Labute approximate surface area is 165 Å². The molecule has 1 aliphatic carbocycles. The predicted molar refractivity (Wildman–Crippen MR) is 110 cm³/mol. The maximum Gasteiger partial charge on any atom is 0.417 e. The molecule has 1 saturated heterocycles. The monoisotopic (exact) mass is 395 g/mol. The van der Waals surface area contributed by atoms with Crippen molar-refractivity contribution < 1.29 is 18.8 Å². The van der Waals surface area contributed by atoms with E-state index in [-0.39, 0.29) is 17.0 Å². The minimum atomic E-state index is -1.85. The molecule has 1 heterocycles. The number of nitrogens with zero attached hydrogens (tertiary/aromatic N) is 1. The largest absolute Gasteiger partial charge is 0.443 e.